The standard InChI is InChI=1S/C69H73N4O.Pt/c1-46(2)36-50-40-66(70-43-61(50)49-29-31-52(32-30-49)67(4,5)6)73-62-26-14-13-23-59(62)60-34-33-56(42-65(60)73)74-44-48-21-18-22-55(37-48)72-45-71(63-27-15-16-28-64(63)72)35-19-25-57-47(3)20-17-24-58(57)51-38-53(68(7,8)9)41-54(39-51)69(10,11)12;/h13-18,20-24,26-34,38-41,43,45-46H,19,25,35-36,44H2,1-12H3;/q-3;/i3D3;. The van der Waals surface area contributed by atoms with Crippen molar-refractivity contribution >= 4 is 38.9 Å². The molecule has 6 heteroatoms. The fourth-order valence-corrected chi connectivity index (χ4v) is 10.5. The molecule has 388 valence electrons. The zero-order valence-corrected chi connectivity index (χ0v) is 47.9. The van der Waals surface area contributed by atoms with Crippen molar-refractivity contribution in [3.05, 3.63) is 210 Å². The van der Waals surface area contributed by atoms with Crippen LogP contribution in [0.2, 0.25) is 0 Å². The Hall–Kier alpha value is -6.42. The fourth-order valence-electron chi connectivity index (χ4n) is 10.5. The number of fused-ring (bicyclic) bond motifs is 4. The first-order valence-corrected chi connectivity index (χ1v) is 26.5. The predicted octanol–water partition coefficient (Wildman–Crippen LogP) is 17.8. The Kier molecular flexibility index (Phi) is 14.0. The third-order valence-corrected chi connectivity index (χ3v) is 14.6. The first-order valence-electron chi connectivity index (χ1n) is 28.0. The summed E-state index contributed by atoms with van der Waals surface area (Å²) in [5, 5.41) is 2.23. The quantitative estimate of drug-likeness (QED) is 0.108. The van der Waals surface area contributed by atoms with Gasteiger partial charge in [-0.2, -0.15) is 37.0 Å². The summed E-state index contributed by atoms with van der Waals surface area (Å²) in [4.78, 5) is 9.64. The number of ether oxygens (including phenoxy) is 1. The first kappa shape index (κ1) is 49.5. The molecule has 0 saturated heterocycles. The van der Waals surface area contributed by atoms with Gasteiger partial charge in [-0.15, -0.1) is 28.8 Å². The van der Waals surface area contributed by atoms with Gasteiger partial charge in [-0.25, -0.2) is 4.98 Å². The molecule has 7 aromatic carbocycles. The van der Waals surface area contributed by atoms with Gasteiger partial charge >= 0.3 is 0 Å². The van der Waals surface area contributed by atoms with Gasteiger partial charge in [0.15, 0.2) is 0 Å². The van der Waals surface area contributed by atoms with Crippen LogP contribution in [-0.4, -0.2) is 16.1 Å². The molecule has 10 rings (SSSR count). The van der Waals surface area contributed by atoms with Gasteiger partial charge in [-0.05, 0) is 135 Å². The molecule has 0 saturated carbocycles. The van der Waals surface area contributed by atoms with E-state index in [2.05, 4.69) is 237 Å². The molecular weight excluding hydrogens is 1100 g/mol. The zero-order valence-electron chi connectivity index (χ0n) is 48.6. The molecule has 0 bridgehead atoms. The number of hydrogen-bond acceptors (Lipinski definition) is 4. The molecule has 0 atom stereocenters. The minimum Gasteiger partial charge on any atom is -0.517 e. The molecule has 0 aliphatic carbocycles. The Bertz CT molecular complexity index is 3580. The van der Waals surface area contributed by atoms with Crippen LogP contribution in [0, 0.1) is 31.6 Å². The minimum absolute atomic E-state index is 0. The van der Waals surface area contributed by atoms with Crippen molar-refractivity contribution in [2.75, 3.05) is 16.3 Å². The van der Waals surface area contributed by atoms with E-state index in [9.17, 15) is 0 Å². The van der Waals surface area contributed by atoms with Gasteiger partial charge in [0.25, 0.3) is 0 Å². The number of aryl methyl sites for hydroxylation is 1. The smallest absolute Gasteiger partial charge is 0.135 e. The van der Waals surface area contributed by atoms with Gasteiger partial charge in [-0.1, -0.05) is 173 Å². The molecule has 0 amide bonds. The summed E-state index contributed by atoms with van der Waals surface area (Å²) in [5.74, 6) is 1.96. The Morgan fingerprint density at radius 1 is 0.653 bits per heavy atom. The van der Waals surface area contributed by atoms with Gasteiger partial charge in [-0.3, -0.25) is 0 Å². The topological polar surface area (TPSA) is 33.5 Å². The Morgan fingerprint density at radius 3 is 2.05 bits per heavy atom. The monoisotopic (exact) mass is 1170 g/mol. The maximum atomic E-state index is 8.63. The number of nitrogens with zero attached hydrogens (tertiary/aromatic N) is 4. The van der Waals surface area contributed by atoms with Gasteiger partial charge in [0.2, 0.25) is 0 Å². The van der Waals surface area contributed by atoms with E-state index in [4.69, 9.17) is 13.8 Å². The van der Waals surface area contributed by atoms with E-state index in [1.807, 2.05) is 18.3 Å². The third-order valence-electron chi connectivity index (χ3n) is 14.6. The summed E-state index contributed by atoms with van der Waals surface area (Å²) < 4.78 is 34.7. The van der Waals surface area contributed by atoms with Crippen LogP contribution in [-0.2, 0) is 56.8 Å². The van der Waals surface area contributed by atoms with Crippen LogP contribution < -0.4 is 14.5 Å². The molecule has 2 aromatic heterocycles. The number of para-hydroxylation sites is 3. The number of aromatic nitrogens is 2. The largest absolute Gasteiger partial charge is 0.517 e. The van der Waals surface area contributed by atoms with Crippen molar-refractivity contribution in [2.45, 2.75) is 125 Å². The van der Waals surface area contributed by atoms with Gasteiger partial charge < -0.3 is 19.1 Å². The summed E-state index contributed by atoms with van der Waals surface area (Å²) in [6.45, 7) is 25.6. The second-order valence-electron chi connectivity index (χ2n) is 23.8. The van der Waals surface area contributed by atoms with Crippen molar-refractivity contribution < 1.29 is 29.9 Å². The van der Waals surface area contributed by atoms with Gasteiger partial charge in [0.1, 0.15) is 5.82 Å². The van der Waals surface area contributed by atoms with Crippen LogP contribution in [0.3, 0.4) is 0 Å². The average molecular weight is 1170 g/mol. The van der Waals surface area contributed by atoms with Gasteiger partial charge in [0, 0.05) is 59.6 Å². The molecule has 3 heterocycles. The van der Waals surface area contributed by atoms with Crippen LogP contribution in [0.25, 0.3) is 49.9 Å². The second-order valence-corrected chi connectivity index (χ2v) is 23.8. The molecule has 0 unspecified atom stereocenters. The molecule has 5 nitrogen and oxygen atoms in total. The molecule has 0 spiro atoms. The Labute approximate surface area is 466 Å². The van der Waals surface area contributed by atoms with E-state index in [0.29, 0.717) is 36.8 Å². The number of anilines is 3. The molecule has 1 aliphatic rings. The molecule has 9 aromatic rings. The molecule has 0 fully saturated rings. The van der Waals surface area contributed by atoms with Crippen LogP contribution >= 0.6 is 0 Å². The number of hydrogen-bond donors (Lipinski definition) is 0. The van der Waals surface area contributed by atoms with E-state index in [1.165, 1.54) is 27.8 Å². The second kappa shape index (κ2) is 21.3. The minimum atomic E-state index is -2.25. The molecule has 0 radical (unpaired) electrons. The zero-order chi connectivity index (χ0) is 54.6. The summed E-state index contributed by atoms with van der Waals surface area (Å²) in [5.41, 5.74) is 16.7. The third kappa shape index (κ3) is 11.3. The first-order chi connectivity index (χ1) is 36.5. The normalized spacial score (nSPS) is 13.7. The SMILES string of the molecule is [2H]C([2H])([2H])c1cccc(-c2cc(C(C)(C)C)cc(C(C)(C)C)c2)c1CCCN1[CH-]N(c2[c-]c(COc3[c-]c4c(cc3)c3ccccc3n4-c3cc(CC(C)C)c(-c4ccc(C(C)(C)C)cc4)cn3)ccc2)c2ccccc21.[Pt]. The predicted molar refractivity (Wildman–Crippen MR) is 312 cm³/mol. The van der Waals surface area contributed by atoms with Crippen molar-refractivity contribution in [2.24, 2.45) is 5.92 Å². The summed E-state index contributed by atoms with van der Waals surface area (Å²) in [6.07, 6.45) is 4.32. The van der Waals surface area contributed by atoms with Crippen molar-refractivity contribution in [1.82, 2.24) is 9.55 Å². The molecule has 75 heavy (non-hydrogen) atoms. The van der Waals surface area contributed by atoms with Crippen LogP contribution in [0.1, 0.15) is 126 Å². The maximum Gasteiger partial charge on any atom is 0.135 e. The number of rotatable bonds is 13. The van der Waals surface area contributed by atoms with Crippen molar-refractivity contribution in [3.8, 4) is 33.8 Å². The summed E-state index contributed by atoms with van der Waals surface area (Å²) >= 11 is 0. The fraction of sp³-hybridized carbons (Fsp3) is 0.304. The van der Waals surface area contributed by atoms with Crippen LogP contribution in [0.15, 0.2) is 152 Å². The van der Waals surface area contributed by atoms with Crippen LogP contribution in [0.5, 0.6) is 5.75 Å². The maximum absolute atomic E-state index is 8.63. The Morgan fingerprint density at radius 2 is 1.35 bits per heavy atom. The average Bonchev–Trinajstić information content (AvgIpc) is 4.04. The number of pyridine rings is 1. The van der Waals surface area contributed by atoms with E-state index in [0.717, 1.165) is 85.3 Å². The van der Waals surface area contributed by atoms with Crippen molar-refractivity contribution in [3.63, 3.8) is 0 Å². The van der Waals surface area contributed by atoms with E-state index in [1.54, 1.807) is 6.07 Å². The molecular formula is C69H73N4OPt-3. The van der Waals surface area contributed by atoms with E-state index < -0.39 is 6.85 Å². The van der Waals surface area contributed by atoms with E-state index >= 15 is 0 Å². The Balaban J connectivity index is 0.00000740. The summed E-state index contributed by atoms with van der Waals surface area (Å²) in [6, 6.07) is 58.5. The van der Waals surface area contributed by atoms with Gasteiger partial charge in [0.05, 0.1) is 6.61 Å². The molecule has 1 aliphatic heterocycles. The van der Waals surface area contributed by atoms with E-state index in [-0.39, 0.29) is 37.3 Å². The van der Waals surface area contributed by atoms with Crippen molar-refractivity contribution in [1.29, 1.82) is 0 Å². The number of benzene rings is 7. The summed E-state index contributed by atoms with van der Waals surface area (Å²) in [7, 11) is 0. The van der Waals surface area contributed by atoms with Crippen LogP contribution in [0.4, 0.5) is 17.1 Å². The molecule has 0 N–H and O–H groups in total.